The molecule has 5 heterocycles. The molecule has 0 unspecified atom stereocenters. The molecule has 0 radical (unpaired) electrons. The van der Waals surface area contributed by atoms with Gasteiger partial charge in [-0.15, -0.1) is 16.6 Å². The first-order chi connectivity index (χ1) is 42.5. The van der Waals surface area contributed by atoms with E-state index in [-0.39, 0.29) is 42.8 Å². The van der Waals surface area contributed by atoms with Crippen LogP contribution in [0.1, 0.15) is 179 Å². The monoisotopic (exact) mass is 1220 g/mol. The Morgan fingerprint density at radius 1 is 0.621 bits per heavy atom. The van der Waals surface area contributed by atoms with Gasteiger partial charge in [-0.3, -0.25) is 19.2 Å². The van der Waals surface area contributed by atoms with Crippen LogP contribution in [0.2, 0.25) is 0 Å². The first-order valence-electron chi connectivity index (χ1n) is 32.9. The molecule has 3 aromatic rings. The number of aromatic nitrogens is 9. The number of hydrogen-bond donors (Lipinski definition) is 5. The van der Waals surface area contributed by atoms with Gasteiger partial charge in [0.15, 0.2) is 0 Å². The number of piperazine rings is 2. The summed E-state index contributed by atoms with van der Waals surface area (Å²) in [5, 5.41) is 35.6. The van der Waals surface area contributed by atoms with Gasteiger partial charge >= 0.3 is 0 Å². The molecule has 0 spiro atoms. The second-order valence-electron chi connectivity index (χ2n) is 23.4. The molecule has 0 saturated carbocycles. The number of nitrogens with two attached hydrogens (primary N) is 1. The van der Waals surface area contributed by atoms with Crippen molar-refractivity contribution in [3.05, 3.63) is 23.8 Å². The normalized spacial score (nSPS) is 14.7. The second-order valence-corrected chi connectivity index (χ2v) is 23.4. The van der Waals surface area contributed by atoms with Gasteiger partial charge in [-0.25, -0.2) is 9.36 Å². The number of carbonyl (C=O) groups is 4. The van der Waals surface area contributed by atoms with Crippen molar-refractivity contribution < 1.29 is 38.5 Å². The van der Waals surface area contributed by atoms with Gasteiger partial charge in [0.05, 0.1) is 50.5 Å². The molecule has 0 bridgehead atoms. The van der Waals surface area contributed by atoms with Gasteiger partial charge in [0, 0.05) is 104 Å². The molecule has 3 aromatic heterocycles. The molecule has 2 aliphatic rings. The highest BCUT2D eigenvalue weighted by atomic mass is 16.5. The van der Waals surface area contributed by atoms with Crippen LogP contribution in [0.4, 0.5) is 17.8 Å². The van der Waals surface area contributed by atoms with Crippen LogP contribution in [-0.2, 0) is 52.8 Å². The summed E-state index contributed by atoms with van der Waals surface area (Å²) in [6.07, 6.45) is 31.0. The predicted molar refractivity (Wildman–Crippen MR) is 337 cm³/mol. The van der Waals surface area contributed by atoms with E-state index >= 15 is 0 Å². The van der Waals surface area contributed by atoms with E-state index in [0.717, 1.165) is 134 Å². The van der Waals surface area contributed by atoms with Crippen molar-refractivity contribution in [3.8, 4) is 12.3 Å². The predicted octanol–water partition coefficient (Wildman–Crippen LogP) is 5.28. The number of nitrogens with zero attached hydrogens (tertiary/aromatic N) is 13. The molecule has 25 heteroatoms. The summed E-state index contributed by atoms with van der Waals surface area (Å²) in [6, 6.07) is -0.369. The highest BCUT2D eigenvalue weighted by Crippen LogP contribution is 2.22. The Bertz CT molecular complexity index is 2400. The molecular weight excluding hydrogens is 1110 g/mol. The lowest BCUT2D eigenvalue weighted by molar-refractivity contribution is -0.132. The summed E-state index contributed by atoms with van der Waals surface area (Å²) in [6.45, 7) is 15.8. The van der Waals surface area contributed by atoms with Gasteiger partial charge in [0.1, 0.15) is 19.2 Å². The van der Waals surface area contributed by atoms with Crippen LogP contribution in [0.3, 0.4) is 0 Å². The average molecular weight is 1220 g/mol. The van der Waals surface area contributed by atoms with Crippen molar-refractivity contribution in [1.82, 2.24) is 65.4 Å². The second kappa shape index (κ2) is 43.6. The first-order valence-corrected chi connectivity index (χ1v) is 32.9. The van der Waals surface area contributed by atoms with Gasteiger partial charge in [-0.1, -0.05) is 114 Å². The number of anilines is 3. The van der Waals surface area contributed by atoms with E-state index < -0.39 is 6.10 Å². The van der Waals surface area contributed by atoms with E-state index in [1.165, 1.54) is 4.68 Å². The highest BCUT2D eigenvalue weighted by Gasteiger charge is 2.28. The quantitative estimate of drug-likeness (QED) is 0.0355. The number of nitrogens with one attached hydrogen (secondary N) is 3. The third-order valence-electron chi connectivity index (χ3n) is 15.9. The van der Waals surface area contributed by atoms with E-state index in [9.17, 15) is 24.3 Å². The molecule has 2 fully saturated rings. The lowest BCUT2D eigenvalue weighted by Crippen LogP contribution is -2.50. The van der Waals surface area contributed by atoms with Crippen LogP contribution in [-0.4, -0.2) is 208 Å². The highest BCUT2D eigenvalue weighted by molar-refractivity contribution is 5.80. The molecule has 87 heavy (non-hydrogen) atoms. The molecule has 0 aliphatic carbocycles. The molecule has 25 nitrogen and oxygen atoms in total. The molecule has 6 N–H and O–H groups in total. The summed E-state index contributed by atoms with van der Waals surface area (Å²) in [5.41, 5.74) is 7.34. The zero-order valence-corrected chi connectivity index (χ0v) is 53.1. The fourth-order valence-electron chi connectivity index (χ4n) is 10.6. The maximum Gasteiger partial charge on any atom is 0.244 e. The Morgan fingerprint density at radius 3 is 1.69 bits per heavy atom. The standard InChI is InChI=1S/C62H107N17O8/c1-5-40-85-42-44-87-45-43-86-41-31-66-60-67-61(76-36-32-74(33-37-76)57(82)26-19-15-11-7-9-13-17-23-29-64-56(81)50-78-48-54(70-72-78)47-52(4)80)69-62(68-60)77-38-34-75(35-39-77)58(83)27-20-16-12-8-10-14-18-24-30-65-59(84)55(25-21-22-28-63)79-49-53(71-73-79)46-51(3)6-2/h1,48-49,51-52,55,80H,6-47,50,63H2,2-4H3,(H,64,81)(H,65,84)(H,66,67,68,69)/t51-,52+,55+/m0/s1. The molecule has 4 amide bonds. The molecule has 2 aliphatic heterocycles. The lowest BCUT2D eigenvalue weighted by atomic mass is 10.0. The molecule has 488 valence electrons. The largest absolute Gasteiger partial charge is 0.393 e. The Hall–Kier alpha value is -6.07. The van der Waals surface area contributed by atoms with Crippen LogP contribution in [0.15, 0.2) is 12.4 Å². The number of terminal acetylenes is 1. The number of unbranched alkanes of at least 4 members (excludes halogenated alkanes) is 15. The number of rotatable bonds is 48. The topological polar surface area (TPSA) is 291 Å². The summed E-state index contributed by atoms with van der Waals surface area (Å²) in [5.74, 6) is 4.80. The smallest absolute Gasteiger partial charge is 0.244 e. The van der Waals surface area contributed by atoms with Gasteiger partial charge in [-0.05, 0) is 70.8 Å². The first kappa shape index (κ1) is 71.7. The molecule has 2 saturated heterocycles. The van der Waals surface area contributed by atoms with Gasteiger partial charge < -0.3 is 60.6 Å². The van der Waals surface area contributed by atoms with Gasteiger partial charge in [-0.2, -0.15) is 15.0 Å². The van der Waals surface area contributed by atoms with E-state index in [1.807, 2.05) is 16.0 Å². The van der Waals surface area contributed by atoms with Gasteiger partial charge in [0.2, 0.25) is 41.5 Å². The Balaban J connectivity index is 0.949. The van der Waals surface area contributed by atoms with Gasteiger partial charge in [0.25, 0.3) is 0 Å². The molecule has 0 aromatic carbocycles. The average Bonchev–Trinajstić information content (AvgIpc) is 3.25. The SMILES string of the molecule is C#CCOCCOCCOCCNc1nc(N2CCN(C(=O)CCCCCCCCCCNC(=O)Cn3cc(C[C@@H](C)O)nn3)CC2)nc(N2CCN(C(=O)CCCCCCCCCCNC(=O)[C@@H](CCCCN)n3cc(C[C@@H](C)CC)nn3)CC2)n1. The van der Waals surface area contributed by atoms with Crippen LogP contribution in [0.5, 0.6) is 0 Å². The van der Waals surface area contributed by atoms with Crippen molar-refractivity contribution in [2.24, 2.45) is 11.7 Å². The Labute approximate surface area is 518 Å². The van der Waals surface area contributed by atoms with Crippen molar-refractivity contribution in [2.75, 3.05) is 133 Å². The number of ether oxygens (including phenoxy) is 3. The number of aliphatic hydroxyl groups excluding tert-OH is 1. The summed E-state index contributed by atoms with van der Waals surface area (Å²) in [7, 11) is 0. The maximum atomic E-state index is 13.4. The third-order valence-corrected chi connectivity index (χ3v) is 15.9. The maximum absolute atomic E-state index is 13.4. The van der Waals surface area contributed by atoms with Crippen LogP contribution in [0.25, 0.3) is 0 Å². The van der Waals surface area contributed by atoms with Crippen LogP contribution in [0, 0.1) is 18.3 Å². The zero-order chi connectivity index (χ0) is 62.1. The van der Waals surface area contributed by atoms with Crippen molar-refractivity contribution in [3.63, 3.8) is 0 Å². The Morgan fingerprint density at radius 2 is 1.14 bits per heavy atom. The van der Waals surface area contributed by atoms with Crippen molar-refractivity contribution >= 4 is 41.5 Å². The Kier molecular flexibility index (Phi) is 35.9. The van der Waals surface area contributed by atoms with Crippen LogP contribution >= 0.6 is 0 Å². The number of hydrogen-bond acceptors (Lipinski definition) is 19. The van der Waals surface area contributed by atoms with E-state index in [2.05, 4.69) is 66.1 Å². The van der Waals surface area contributed by atoms with Crippen molar-refractivity contribution in [2.45, 2.75) is 194 Å². The summed E-state index contributed by atoms with van der Waals surface area (Å²) < 4.78 is 19.8. The van der Waals surface area contributed by atoms with Crippen LogP contribution < -0.4 is 31.5 Å². The van der Waals surface area contributed by atoms with E-state index in [1.54, 1.807) is 17.8 Å². The summed E-state index contributed by atoms with van der Waals surface area (Å²) >= 11 is 0. The third kappa shape index (κ3) is 29.7. The van der Waals surface area contributed by atoms with E-state index in [0.29, 0.717) is 167 Å². The molecule has 3 atom stereocenters. The number of amides is 4. The minimum atomic E-state index is -0.504. The minimum Gasteiger partial charge on any atom is -0.393 e. The minimum absolute atomic E-state index is 0.000627. The fraction of sp³-hybridized carbons (Fsp3) is 0.790. The molecule has 5 rings (SSSR count). The van der Waals surface area contributed by atoms with E-state index in [4.69, 9.17) is 41.3 Å². The number of carbonyl (C=O) groups excluding carboxylic acids is 4. The molecular formula is C62H107N17O8. The zero-order valence-electron chi connectivity index (χ0n) is 53.1. The lowest BCUT2D eigenvalue weighted by Gasteiger charge is -2.36. The van der Waals surface area contributed by atoms with Crippen molar-refractivity contribution in [1.29, 1.82) is 0 Å². The number of aliphatic hydroxyl groups is 1. The fourth-order valence-corrected chi connectivity index (χ4v) is 10.6. The summed E-state index contributed by atoms with van der Waals surface area (Å²) in [4.78, 5) is 75.1.